The van der Waals surface area contributed by atoms with Crippen LogP contribution in [-0.2, 0) is 11.3 Å². The van der Waals surface area contributed by atoms with Gasteiger partial charge in [-0.1, -0.05) is 35.3 Å². The highest BCUT2D eigenvalue weighted by molar-refractivity contribution is 6.35. The van der Waals surface area contributed by atoms with Crippen LogP contribution in [0.15, 0.2) is 36.5 Å². The first-order chi connectivity index (χ1) is 11.0. The summed E-state index contributed by atoms with van der Waals surface area (Å²) in [7, 11) is 0. The van der Waals surface area contributed by atoms with E-state index in [9.17, 15) is 4.79 Å². The molecule has 0 saturated heterocycles. The fourth-order valence-corrected chi connectivity index (χ4v) is 2.65. The van der Waals surface area contributed by atoms with Gasteiger partial charge in [0.05, 0.1) is 12.5 Å². The molecule has 0 amide bonds. The van der Waals surface area contributed by atoms with Crippen LogP contribution in [0.25, 0.3) is 0 Å². The molecule has 0 saturated carbocycles. The van der Waals surface area contributed by atoms with Gasteiger partial charge >= 0.3 is 5.97 Å². The van der Waals surface area contributed by atoms with Gasteiger partial charge in [0.15, 0.2) is 0 Å². The van der Waals surface area contributed by atoms with Gasteiger partial charge in [0.25, 0.3) is 0 Å². The largest absolute Gasteiger partial charge is 0.481 e. The highest BCUT2D eigenvalue weighted by Gasteiger charge is 2.27. The maximum atomic E-state index is 10.8. The van der Waals surface area contributed by atoms with E-state index < -0.39 is 11.9 Å². The van der Waals surface area contributed by atoms with Gasteiger partial charge in [-0.2, -0.15) is 0 Å². The lowest BCUT2D eigenvalue weighted by molar-refractivity contribution is -0.139. The molecule has 23 heavy (non-hydrogen) atoms. The molecule has 0 radical (unpaired) electrons. The molecule has 122 valence electrons. The lowest BCUT2D eigenvalue weighted by atomic mass is 9.96. The van der Waals surface area contributed by atoms with E-state index in [0.29, 0.717) is 41.1 Å². The number of rotatable bonds is 2. The Morgan fingerprint density at radius 2 is 2.17 bits per heavy atom. The molecular formula is C16H16Cl2N2O3. The van der Waals surface area contributed by atoms with Crippen molar-refractivity contribution in [3.8, 4) is 5.88 Å². The number of nitrogens with two attached hydrogens (primary N) is 1. The monoisotopic (exact) mass is 354 g/mol. The van der Waals surface area contributed by atoms with Gasteiger partial charge in [0.1, 0.15) is 0 Å². The SMILES string of the molecule is NCc1ccc(Cl)cc1Cl.O=C(O)C1CCOc2ncccc21. The summed E-state index contributed by atoms with van der Waals surface area (Å²) in [5.74, 6) is -0.809. The number of benzene rings is 1. The van der Waals surface area contributed by atoms with Gasteiger partial charge < -0.3 is 15.6 Å². The highest BCUT2D eigenvalue weighted by Crippen LogP contribution is 2.31. The van der Waals surface area contributed by atoms with Crippen molar-refractivity contribution in [3.63, 3.8) is 0 Å². The third kappa shape index (κ3) is 4.58. The standard InChI is InChI=1S/C9H9NO3.C7H7Cl2N/c11-9(12)7-3-5-13-8-6(7)2-1-4-10-8;8-6-2-1-5(4-10)7(9)3-6/h1-2,4,7H,3,5H2,(H,11,12);1-3H,4,10H2. The predicted molar refractivity (Wildman–Crippen MR) is 89.1 cm³/mol. The zero-order valence-corrected chi connectivity index (χ0v) is 13.7. The quantitative estimate of drug-likeness (QED) is 0.861. The number of carbonyl (C=O) groups is 1. The normalized spacial score (nSPS) is 15.7. The maximum absolute atomic E-state index is 10.8. The number of carboxylic acid groups (broad SMARTS) is 1. The molecule has 0 bridgehead atoms. The number of aromatic nitrogens is 1. The van der Waals surface area contributed by atoms with E-state index in [2.05, 4.69) is 4.98 Å². The predicted octanol–water partition coefficient (Wildman–Crippen LogP) is 3.48. The van der Waals surface area contributed by atoms with Crippen molar-refractivity contribution in [3.05, 3.63) is 57.7 Å². The minimum atomic E-state index is -0.808. The minimum Gasteiger partial charge on any atom is -0.481 e. The van der Waals surface area contributed by atoms with E-state index >= 15 is 0 Å². The zero-order chi connectivity index (χ0) is 16.8. The third-order valence-electron chi connectivity index (χ3n) is 3.35. The zero-order valence-electron chi connectivity index (χ0n) is 12.2. The van der Waals surface area contributed by atoms with Gasteiger partial charge in [-0.05, 0) is 30.2 Å². The summed E-state index contributed by atoms with van der Waals surface area (Å²) in [4.78, 5) is 14.8. The van der Waals surface area contributed by atoms with Crippen molar-refractivity contribution in [2.24, 2.45) is 5.73 Å². The number of pyridine rings is 1. The molecule has 7 heteroatoms. The molecule has 1 aromatic carbocycles. The summed E-state index contributed by atoms with van der Waals surface area (Å²) in [5.41, 5.74) is 6.98. The number of ether oxygens (including phenoxy) is 1. The Morgan fingerprint density at radius 1 is 1.39 bits per heavy atom. The van der Waals surface area contributed by atoms with E-state index in [1.165, 1.54) is 0 Å². The molecule has 3 N–H and O–H groups in total. The molecule has 0 spiro atoms. The van der Waals surface area contributed by atoms with E-state index in [1.807, 2.05) is 6.07 Å². The van der Waals surface area contributed by atoms with Crippen LogP contribution in [0.4, 0.5) is 0 Å². The van der Waals surface area contributed by atoms with Crippen LogP contribution in [0.5, 0.6) is 5.88 Å². The van der Waals surface area contributed by atoms with Crippen LogP contribution < -0.4 is 10.5 Å². The number of hydrogen-bond donors (Lipinski definition) is 2. The highest BCUT2D eigenvalue weighted by atomic mass is 35.5. The number of carboxylic acids is 1. The Morgan fingerprint density at radius 3 is 2.83 bits per heavy atom. The average Bonchev–Trinajstić information content (AvgIpc) is 2.55. The van der Waals surface area contributed by atoms with E-state index in [1.54, 1.807) is 30.5 Å². The van der Waals surface area contributed by atoms with Gasteiger partial charge in [-0.25, -0.2) is 4.98 Å². The van der Waals surface area contributed by atoms with Crippen molar-refractivity contribution in [2.45, 2.75) is 18.9 Å². The van der Waals surface area contributed by atoms with Crippen molar-refractivity contribution >= 4 is 29.2 Å². The Labute approximate surface area is 144 Å². The van der Waals surface area contributed by atoms with E-state index in [0.717, 1.165) is 5.56 Å². The lowest BCUT2D eigenvalue weighted by Gasteiger charge is -2.21. The molecule has 2 aromatic rings. The van der Waals surface area contributed by atoms with E-state index in [-0.39, 0.29) is 0 Å². The third-order valence-corrected chi connectivity index (χ3v) is 3.94. The van der Waals surface area contributed by atoms with Crippen molar-refractivity contribution in [2.75, 3.05) is 6.61 Å². The summed E-state index contributed by atoms with van der Waals surface area (Å²) in [6.45, 7) is 0.886. The Kier molecular flexibility index (Phi) is 6.21. The van der Waals surface area contributed by atoms with Crippen LogP contribution in [0, 0.1) is 0 Å². The molecule has 1 aromatic heterocycles. The first kappa shape index (κ1) is 17.5. The smallest absolute Gasteiger partial charge is 0.311 e. The maximum Gasteiger partial charge on any atom is 0.311 e. The summed E-state index contributed by atoms with van der Waals surface area (Å²) in [6.07, 6.45) is 2.12. The van der Waals surface area contributed by atoms with Crippen LogP contribution >= 0.6 is 23.2 Å². The van der Waals surface area contributed by atoms with Crippen LogP contribution in [0.3, 0.4) is 0 Å². The second-order valence-electron chi connectivity index (χ2n) is 4.87. The van der Waals surface area contributed by atoms with Crippen molar-refractivity contribution in [1.82, 2.24) is 4.98 Å². The molecule has 1 unspecified atom stereocenters. The van der Waals surface area contributed by atoms with E-state index in [4.69, 9.17) is 38.8 Å². The number of halogens is 2. The first-order valence-electron chi connectivity index (χ1n) is 6.97. The topological polar surface area (TPSA) is 85.4 Å². The van der Waals surface area contributed by atoms with Crippen molar-refractivity contribution < 1.29 is 14.6 Å². The fourth-order valence-electron chi connectivity index (χ4n) is 2.16. The summed E-state index contributed by atoms with van der Waals surface area (Å²) in [6, 6.07) is 8.76. The molecule has 5 nitrogen and oxygen atoms in total. The summed E-state index contributed by atoms with van der Waals surface area (Å²) >= 11 is 11.4. The fraction of sp³-hybridized carbons (Fsp3) is 0.250. The second kappa shape index (κ2) is 8.15. The Bertz CT molecular complexity index is 695. The van der Waals surface area contributed by atoms with Gasteiger partial charge in [-0.15, -0.1) is 0 Å². The van der Waals surface area contributed by atoms with Gasteiger partial charge in [0.2, 0.25) is 5.88 Å². The molecule has 1 atom stereocenters. The molecule has 3 rings (SSSR count). The molecule has 1 aliphatic rings. The molecular weight excluding hydrogens is 339 g/mol. The number of fused-ring (bicyclic) bond motifs is 1. The summed E-state index contributed by atoms with van der Waals surface area (Å²) in [5, 5.41) is 10.2. The Balaban J connectivity index is 0.000000174. The number of nitrogens with zero attached hydrogens (tertiary/aromatic N) is 1. The van der Waals surface area contributed by atoms with Crippen molar-refractivity contribution in [1.29, 1.82) is 0 Å². The second-order valence-corrected chi connectivity index (χ2v) is 5.71. The lowest BCUT2D eigenvalue weighted by Crippen LogP contribution is -2.21. The number of aliphatic carboxylic acids is 1. The van der Waals surface area contributed by atoms with Gasteiger partial charge in [-0.3, -0.25) is 4.79 Å². The molecule has 2 heterocycles. The number of hydrogen-bond acceptors (Lipinski definition) is 4. The molecule has 0 aliphatic carbocycles. The Hall–Kier alpha value is -1.82. The van der Waals surface area contributed by atoms with Gasteiger partial charge in [0, 0.05) is 28.4 Å². The molecule has 0 fully saturated rings. The van der Waals surface area contributed by atoms with Crippen LogP contribution in [-0.4, -0.2) is 22.7 Å². The first-order valence-corrected chi connectivity index (χ1v) is 7.73. The van der Waals surface area contributed by atoms with Crippen LogP contribution in [0.1, 0.15) is 23.5 Å². The minimum absolute atomic E-state index is 0.432. The van der Waals surface area contributed by atoms with Crippen LogP contribution in [0.2, 0.25) is 10.0 Å². The summed E-state index contributed by atoms with van der Waals surface area (Å²) < 4.78 is 5.23. The molecule has 1 aliphatic heterocycles. The average molecular weight is 355 g/mol.